The minimum absolute atomic E-state index is 0.0175. The molecule has 1 fully saturated rings. The number of benzene rings is 3. The number of nitrogens with zero attached hydrogens (tertiary/aromatic N) is 1. The number of amides is 2. The van der Waals surface area contributed by atoms with Crippen molar-refractivity contribution in [3.63, 3.8) is 0 Å². The number of hydrogen-bond donors (Lipinski definition) is 1. The predicted octanol–water partition coefficient (Wildman–Crippen LogP) is 5.58. The lowest BCUT2D eigenvalue weighted by atomic mass is 9.90. The molecule has 0 bridgehead atoms. The Labute approximate surface area is 205 Å². The summed E-state index contributed by atoms with van der Waals surface area (Å²) in [6, 6.07) is 19.5. The zero-order valence-corrected chi connectivity index (χ0v) is 20.6. The molecular formula is C29H30N2O4. The van der Waals surface area contributed by atoms with Crippen LogP contribution in [-0.2, 0) is 10.2 Å². The van der Waals surface area contributed by atoms with Gasteiger partial charge in [-0.3, -0.25) is 9.59 Å². The maximum absolute atomic E-state index is 13.4. The fraction of sp³-hybridized carbons (Fsp3) is 0.310. The van der Waals surface area contributed by atoms with Crippen molar-refractivity contribution in [2.45, 2.75) is 38.0 Å². The van der Waals surface area contributed by atoms with Crippen LogP contribution in [0, 0.1) is 0 Å². The van der Waals surface area contributed by atoms with E-state index in [2.05, 4.69) is 25.2 Å². The summed E-state index contributed by atoms with van der Waals surface area (Å²) in [4.78, 5) is 27.6. The Morgan fingerprint density at radius 2 is 1.71 bits per heavy atom. The first-order chi connectivity index (χ1) is 16.8. The van der Waals surface area contributed by atoms with Crippen molar-refractivity contribution in [3.05, 3.63) is 77.4 Å². The van der Waals surface area contributed by atoms with Gasteiger partial charge in [0.15, 0.2) is 11.5 Å². The first-order valence-electron chi connectivity index (χ1n) is 12.0. The van der Waals surface area contributed by atoms with Gasteiger partial charge < -0.3 is 19.7 Å². The molecule has 35 heavy (non-hydrogen) atoms. The molecule has 3 aromatic rings. The second-order valence-electron chi connectivity index (χ2n) is 9.84. The first-order valence-corrected chi connectivity index (χ1v) is 12.0. The van der Waals surface area contributed by atoms with Crippen LogP contribution in [0.3, 0.4) is 0 Å². The van der Waals surface area contributed by atoms with Crippen LogP contribution in [0.2, 0.25) is 0 Å². The van der Waals surface area contributed by atoms with E-state index in [9.17, 15) is 9.59 Å². The van der Waals surface area contributed by atoms with Gasteiger partial charge in [0.05, 0.1) is 5.41 Å². The third-order valence-electron chi connectivity index (χ3n) is 6.87. The summed E-state index contributed by atoms with van der Waals surface area (Å²) >= 11 is 0. The van der Waals surface area contributed by atoms with Gasteiger partial charge in [-0.15, -0.1) is 0 Å². The molecule has 6 heteroatoms. The van der Waals surface area contributed by atoms with E-state index in [0.29, 0.717) is 17.1 Å². The van der Waals surface area contributed by atoms with Crippen LogP contribution in [0.25, 0.3) is 11.1 Å². The lowest BCUT2D eigenvalue weighted by Crippen LogP contribution is -2.27. The Balaban J connectivity index is 1.45. The maximum atomic E-state index is 13.4. The van der Waals surface area contributed by atoms with E-state index in [4.69, 9.17) is 9.47 Å². The van der Waals surface area contributed by atoms with Crippen LogP contribution in [0.1, 0.15) is 54.1 Å². The molecule has 180 valence electrons. The van der Waals surface area contributed by atoms with E-state index in [1.165, 1.54) is 0 Å². The fourth-order valence-corrected chi connectivity index (χ4v) is 4.68. The molecule has 3 aromatic carbocycles. The number of carbonyl (C=O) groups is 2. The maximum Gasteiger partial charge on any atom is 0.253 e. The average molecular weight is 471 g/mol. The van der Waals surface area contributed by atoms with Crippen LogP contribution in [0.4, 0.5) is 5.69 Å². The van der Waals surface area contributed by atoms with E-state index >= 15 is 0 Å². The van der Waals surface area contributed by atoms with Crippen LogP contribution in [0.15, 0.2) is 60.7 Å². The second kappa shape index (κ2) is 8.77. The van der Waals surface area contributed by atoms with E-state index in [1.54, 1.807) is 19.0 Å². The number of carbonyl (C=O) groups excluding carboxylic acids is 2. The lowest BCUT2D eigenvalue weighted by Gasteiger charge is -2.19. The Hall–Kier alpha value is -3.80. The van der Waals surface area contributed by atoms with Gasteiger partial charge in [-0.1, -0.05) is 38.1 Å². The third-order valence-corrected chi connectivity index (χ3v) is 6.87. The standard InChI is InChI=1S/C29H30N2O4/c1-18(2)23-10-9-22(16-24(23)19-6-5-7-20(14-19)27(32)31(3)4)30-28(33)29(12-13-29)21-8-11-25-26(15-21)35-17-34-25/h5-11,14-16,18H,12-13,17H2,1-4H3,(H,30,33). The fourth-order valence-electron chi connectivity index (χ4n) is 4.68. The molecule has 0 saturated heterocycles. The van der Waals surface area contributed by atoms with Crippen LogP contribution in [0.5, 0.6) is 11.5 Å². The molecule has 5 rings (SSSR count). The van der Waals surface area contributed by atoms with Crippen LogP contribution < -0.4 is 14.8 Å². The first kappa shape index (κ1) is 23.0. The Kier molecular flexibility index (Phi) is 5.75. The van der Waals surface area contributed by atoms with Crippen molar-refractivity contribution in [2.24, 2.45) is 0 Å². The summed E-state index contributed by atoms with van der Waals surface area (Å²) in [7, 11) is 3.50. The highest BCUT2D eigenvalue weighted by molar-refractivity contribution is 6.02. The zero-order chi connectivity index (χ0) is 24.7. The SMILES string of the molecule is CC(C)c1ccc(NC(=O)C2(c3ccc4c(c3)OCO4)CC2)cc1-c1cccc(C(=O)N(C)C)c1. The smallest absolute Gasteiger partial charge is 0.253 e. The molecule has 1 aliphatic carbocycles. The minimum atomic E-state index is -0.546. The molecular weight excluding hydrogens is 440 g/mol. The summed E-state index contributed by atoms with van der Waals surface area (Å²) in [6.07, 6.45) is 1.59. The van der Waals surface area contributed by atoms with Gasteiger partial charge in [-0.2, -0.15) is 0 Å². The Morgan fingerprint density at radius 3 is 2.43 bits per heavy atom. The van der Waals surface area contributed by atoms with Crippen molar-refractivity contribution in [1.82, 2.24) is 4.90 Å². The molecule has 0 spiro atoms. The molecule has 1 saturated carbocycles. The number of anilines is 1. The van der Waals surface area contributed by atoms with E-state index in [0.717, 1.165) is 40.8 Å². The summed E-state index contributed by atoms with van der Waals surface area (Å²) in [5.74, 6) is 1.63. The number of rotatable bonds is 6. The van der Waals surface area contributed by atoms with Crippen molar-refractivity contribution in [2.75, 3.05) is 26.2 Å². The molecule has 1 N–H and O–H groups in total. The third kappa shape index (κ3) is 4.25. The molecule has 0 unspecified atom stereocenters. The summed E-state index contributed by atoms with van der Waals surface area (Å²) in [6.45, 7) is 4.50. The summed E-state index contributed by atoms with van der Waals surface area (Å²) in [5.41, 5.74) is 4.91. The molecule has 1 aliphatic heterocycles. The summed E-state index contributed by atoms with van der Waals surface area (Å²) < 4.78 is 10.9. The van der Waals surface area contributed by atoms with E-state index < -0.39 is 5.41 Å². The summed E-state index contributed by atoms with van der Waals surface area (Å²) in [5, 5.41) is 3.16. The van der Waals surface area contributed by atoms with Crippen molar-refractivity contribution < 1.29 is 19.1 Å². The van der Waals surface area contributed by atoms with Crippen LogP contribution >= 0.6 is 0 Å². The Bertz CT molecular complexity index is 1310. The van der Waals surface area contributed by atoms with Crippen molar-refractivity contribution in [3.8, 4) is 22.6 Å². The molecule has 1 heterocycles. The average Bonchev–Trinajstić information content (AvgIpc) is 3.54. The molecule has 0 aromatic heterocycles. The van der Waals surface area contributed by atoms with Gasteiger partial charge in [0.1, 0.15) is 0 Å². The van der Waals surface area contributed by atoms with Gasteiger partial charge in [0.2, 0.25) is 12.7 Å². The number of nitrogens with one attached hydrogen (secondary N) is 1. The molecule has 0 radical (unpaired) electrons. The minimum Gasteiger partial charge on any atom is -0.454 e. The van der Waals surface area contributed by atoms with Gasteiger partial charge >= 0.3 is 0 Å². The molecule has 6 nitrogen and oxygen atoms in total. The van der Waals surface area contributed by atoms with Gasteiger partial charge in [-0.05, 0) is 77.4 Å². The molecule has 2 amide bonds. The van der Waals surface area contributed by atoms with E-state index in [1.807, 2.05) is 54.6 Å². The predicted molar refractivity (Wildman–Crippen MR) is 136 cm³/mol. The number of ether oxygens (including phenoxy) is 2. The monoisotopic (exact) mass is 470 g/mol. The second-order valence-corrected chi connectivity index (χ2v) is 9.84. The highest BCUT2D eigenvalue weighted by Crippen LogP contribution is 2.51. The topological polar surface area (TPSA) is 67.9 Å². The van der Waals surface area contributed by atoms with Gasteiger partial charge in [-0.25, -0.2) is 0 Å². The van der Waals surface area contributed by atoms with Crippen molar-refractivity contribution >= 4 is 17.5 Å². The Morgan fingerprint density at radius 1 is 0.943 bits per heavy atom. The normalized spacial score (nSPS) is 15.1. The lowest BCUT2D eigenvalue weighted by molar-refractivity contribution is -0.118. The molecule has 0 atom stereocenters. The van der Waals surface area contributed by atoms with Gasteiger partial charge in [0, 0.05) is 25.3 Å². The highest BCUT2D eigenvalue weighted by atomic mass is 16.7. The van der Waals surface area contributed by atoms with Gasteiger partial charge in [0.25, 0.3) is 5.91 Å². The largest absolute Gasteiger partial charge is 0.454 e. The molecule has 2 aliphatic rings. The van der Waals surface area contributed by atoms with E-state index in [-0.39, 0.29) is 24.5 Å². The quantitative estimate of drug-likeness (QED) is 0.511. The number of hydrogen-bond acceptors (Lipinski definition) is 4. The van der Waals surface area contributed by atoms with Crippen LogP contribution in [-0.4, -0.2) is 37.6 Å². The zero-order valence-electron chi connectivity index (χ0n) is 20.6. The number of fused-ring (bicyclic) bond motifs is 1. The highest BCUT2D eigenvalue weighted by Gasteiger charge is 2.51. The van der Waals surface area contributed by atoms with Crippen molar-refractivity contribution in [1.29, 1.82) is 0 Å².